The number of rotatable bonds is 10. The summed E-state index contributed by atoms with van der Waals surface area (Å²) >= 11 is 1.14. The molecule has 0 aliphatic rings. The third kappa shape index (κ3) is 6.48. The second-order valence-corrected chi connectivity index (χ2v) is 9.29. The fourth-order valence-electron chi connectivity index (χ4n) is 2.53. The van der Waals surface area contributed by atoms with Crippen molar-refractivity contribution in [2.75, 3.05) is 30.4 Å². The van der Waals surface area contributed by atoms with Gasteiger partial charge in [-0.25, -0.2) is 8.42 Å². The number of ether oxygens (including phenoxy) is 2. The van der Waals surface area contributed by atoms with Crippen LogP contribution in [0.5, 0.6) is 5.75 Å². The highest BCUT2D eigenvalue weighted by Gasteiger charge is 2.16. The Morgan fingerprint density at radius 1 is 1.03 bits per heavy atom. The highest BCUT2D eigenvalue weighted by molar-refractivity contribution is 7.93. The quantitative estimate of drug-likeness (QED) is 0.444. The maximum absolute atomic E-state index is 12.4. The van der Waals surface area contributed by atoms with Crippen molar-refractivity contribution in [2.45, 2.75) is 18.2 Å². The Bertz CT molecular complexity index is 1110. The molecule has 11 heteroatoms. The molecule has 1 aromatic heterocycles. The van der Waals surface area contributed by atoms with Crippen molar-refractivity contribution < 1.29 is 22.7 Å². The molecule has 2 N–H and O–H groups in total. The van der Waals surface area contributed by atoms with Gasteiger partial charge in [-0.2, -0.15) is 0 Å². The van der Waals surface area contributed by atoms with Gasteiger partial charge in [0.25, 0.3) is 15.9 Å². The molecule has 1 amide bonds. The van der Waals surface area contributed by atoms with Crippen LogP contribution >= 0.6 is 11.3 Å². The van der Waals surface area contributed by atoms with E-state index in [9.17, 15) is 13.2 Å². The number of nitrogens with one attached hydrogen (secondary N) is 2. The molecular weight excluding hydrogens is 440 g/mol. The van der Waals surface area contributed by atoms with Gasteiger partial charge in [0, 0.05) is 31.4 Å². The standard InChI is InChI=1S/C20H22N4O5S2/c1-14-22-23-20(30-14)24-31(26,27)18-10-6-16(7-11-18)21-19(25)15-4-8-17(9-5-15)29-13-3-12-28-2/h4-11H,3,12-13H2,1-2H3,(H,21,25)(H,23,24). The molecule has 0 saturated heterocycles. The second-order valence-electron chi connectivity index (χ2n) is 6.43. The monoisotopic (exact) mass is 462 g/mol. The lowest BCUT2D eigenvalue weighted by molar-refractivity contribution is 0.102. The van der Waals surface area contributed by atoms with E-state index in [0.29, 0.717) is 35.2 Å². The molecule has 2 aromatic carbocycles. The largest absolute Gasteiger partial charge is 0.494 e. The van der Waals surface area contributed by atoms with E-state index in [1.165, 1.54) is 24.3 Å². The van der Waals surface area contributed by atoms with Crippen LogP contribution in [0, 0.1) is 6.92 Å². The van der Waals surface area contributed by atoms with Gasteiger partial charge in [-0.05, 0) is 55.5 Å². The first kappa shape index (κ1) is 22.7. The average molecular weight is 463 g/mol. The zero-order valence-electron chi connectivity index (χ0n) is 17.0. The molecule has 164 valence electrons. The van der Waals surface area contributed by atoms with Crippen molar-refractivity contribution in [1.29, 1.82) is 0 Å². The smallest absolute Gasteiger partial charge is 0.263 e. The molecular formula is C20H22N4O5S2. The van der Waals surface area contributed by atoms with Crippen molar-refractivity contribution in [3.05, 3.63) is 59.1 Å². The Morgan fingerprint density at radius 2 is 1.74 bits per heavy atom. The Hall–Kier alpha value is -3.02. The number of sulfonamides is 1. The van der Waals surface area contributed by atoms with Crippen LogP contribution in [0.3, 0.4) is 0 Å². The maximum Gasteiger partial charge on any atom is 0.263 e. The fourth-order valence-corrected chi connectivity index (χ4v) is 4.35. The molecule has 0 bridgehead atoms. The normalized spacial score (nSPS) is 11.2. The number of hydrogen-bond acceptors (Lipinski definition) is 8. The number of amides is 1. The molecule has 9 nitrogen and oxygen atoms in total. The van der Waals surface area contributed by atoms with Gasteiger partial charge in [0.15, 0.2) is 0 Å². The lowest BCUT2D eigenvalue weighted by Gasteiger charge is -2.09. The molecule has 0 atom stereocenters. The van der Waals surface area contributed by atoms with E-state index in [2.05, 4.69) is 20.2 Å². The minimum absolute atomic E-state index is 0.0494. The van der Waals surface area contributed by atoms with E-state index in [0.717, 1.165) is 17.8 Å². The predicted octanol–water partition coefficient (Wildman–Crippen LogP) is 3.31. The third-order valence-corrected chi connectivity index (χ3v) is 6.29. The van der Waals surface area contributed by atoms with E-state index < -0.39 is 10.0 Å². The lowest BCUT2D eigenvalue weighted by Crippen LogP contribution is -2.14. The molecule has 0 aliphatic carbocycles. The molecule has 0 unspecified atom stereocenters. The number of hydrogen-bond donors (Lipinski definition) is 2. The van der Waals surface area contributed by atoms with E-state index in [1.807, 2.05) is 0 Å². The summed E-state index contributed by atoms with van der Waals surface area (Å²) in [7, 11) is -2.15. The molecule has 0 aliphatic heterocycles. The minimum atomic E-state index is -3.79. The van der Waals surface area contributed by atoms with Gasteiger partial charge < -0.3 is 14.8 Å². The Kier molecular flexibility index (Phi) is 7.55. The van der Waals surface area contributed by atoms with Crippen molar-refractivity contribution in [2.24, 2.45) is 0 Å². The van der Waals surface area contributed by atoms with Crippen LogP contribution in [0.15, 0.2) is 53.4 Å². The first-order valence-corrected chi connectivity index (χ1v) is 11.6. The van der Waals surface area contributed by atoms with Gasteiger partial charge in [0.2, 0.25) is 5.13 Å². The van der Waals surface area contributed by atoms with Crippen LogP contribution in [0.25, 0.3) is 0 Å². The Labute approximate surface area is 184 Å². The van der Waals surface area contributed by atoms with Crippen LogP contribution < -0.4 is 14.8 Å². The van der Waals surface area contributed by atoms with Crippen molar-refractivity contribution in [3.63, 3.8) is 0 Å². The summed E-state index contributed by atoms with van der Waals surface area (Å²) in [6.07, 6.45) is 0.778. The zero-order valence-corrected chi connectivity index (χ0v) is 18.6. The lowest BCUT2D eigenvalue weighted by atomic mass is 10.2. The number of nitrogens with zero attached hydrogens (tertiary/aromatic N) is 2. The number of benzene rings is 2. The summed E-state index contributed by atoms with van der Waals surface area (Å²) in [4.78, 5) is 12.5. The SMILES string of the molecule is COCCCOc1ccc(C(=O)Nc2ccc(S(=O)(=O)Nc3nnc(C)s3)cc2)cc1. The molecule has 3 aromatic rings. The molecule has 0 spiro atoms. The summed E-state index contributed by atoms with van der Waals surface area (Å²) in [5.41, 5.74) is 0.921. The third-order valence-electron chi connectivity index (χ3n) is 4.05. The summed E-state index contributed by atoms with van der Waals surface area (Å²) < 4.78 is 37.8. The number of aromatic nitrogens is 2. The Balaban J connectivity index is 1.58. The van der Waals surface area contributed by atoms with Crippen LogP contribution in [-0.4, -0.2) is 44.8 Å². The number of anilines is 2. The second kappa shape index (κ2) is 10.3. The predicted molar refractivity (Wildman–Crippen MR) is 118 cm³/mol. The van der Waals surface area contributed by atoms with Crippen molar-refractivity contribution in [1.82, 2.24) is 10.2 Å². The summed E-state index contributed by atoms with van der Waals surface area (Å²) in [6, 6.07) is 12.6. The molecule has 1 heterocycles. The van der Waals surface area contributed by atoms with E-state index in [4.69, 9.17) is 9.47 Å². The van der Waals surface area contributed by atoms with E-state index in [1.54, 1.807) is 38.3 Å². The summed E-state index contributed by atoms with van der Waals surface area (Å²) in [5, 5.41) is 11.1. The maximum atomic E-state index is 12.4. The van der Waals surface area contributed by atoms with Crippen molar-refractivity contribution >= 4 is 38.1 Å². The first-order valence-electron chi connectivity index (χ1n) is 9.33. The highest BCUT2D eigenvalue weighted by atomic mass is 32.2. The van der Waals surface area contributed by atoms with Crippen LogP contribution in [-0.2, 0) is 14.8 Å². The number of carbonyl (C=O) groups is 1. The highest BCUT2D eigenvalue weighted by Crippen LogP contribution is 2.21. The van der Waals surface area contributed by atoms with Crippen molar-refractivity contribution in [3.8, 4) is 5.75 Å². The topological polar surface area (TPSA) is 120 Å². The Morgan fingerprint density at radius 3 is 2.35 bits per heavy atom. The van der Waals surface area contributed by atoms with Gasteiger partial charge in [-0.1, -0.05) is 11.3 Å². The summed E-state index contributed by atoms with van der Waals surface area (Å²) in [5.74, 6) is 0.351. The van der Waals surface area contributed by atoms with Gasteiger partial charge in [-0.3, -0.25) is 9.52 Å². The zero-order chi connectivity index (χ0) is 22.3. The van der Waals surface area contributed by atoms with Crippen LogP contribution in [0.4, 0.5) is 10.8 Å². The van der Waals surface area contributed by atoms with Gasteiger partial charge in [-0.15, -0.1) is 10.2 Å². The summed E-state index contributed by atoms with van der Waals surface area (Å²) in [6.45, 7) is 2.89. The molecule has 0 fully saturated rings. The molecule has 3 rings (SSSR count). The van der Waals surface area contributed by atoms with Crippen LogP contribution in [0.2, 0.25) is 0 Å². The van der Waals surface area contributed by atoms with Crippen LogP contribution in [0.1, 0.15) is 21.8 Å². The van der Waals surface area contributed by atoms with Gasteiger partial charge in [0.05, 0.1) is 11.5 Å². The molecule has 0 radical (unpaired) electrons. The number of aryl methyl sites for hydroxylation is 1. The number of methoxy groups -OCH3 is 1. The molecule has 31 heavy (non-hydrogen) atoms. The van der Waals surface area contributed by atoms with Gasteiger partial charge in [0.1, 0.15) is 10.8 Å². The van der Waals surface area contributed by atoms with Gasteiger partial charge >= 0.3 is 0 Å². The molecule has 0 saturated carbocycles. The number of carbonyl (C=O) groups excluding carboxylic acids is 1. The fraction of sp³-hybridized carbons (Fsp3) is 0.250. The van der Waals surface area contributed by atoms with E-state index >= 15 is 0 Å². The minimum Gasteiger partial charge on any atom is -0.494 e. The van der Waals surface area contributed by atoms with E-state index in [-0.39, 0.29) is 15.9 Å². The first-order chi connectivity index (χ1) is 14.9. The average Bonchev–Trinajstić information content (AvgIpc) is 3.16.